The van der Waals surface area contributed by atoms with Crippen LogP contribution in [0.15, 0.2) is 76.8 Å². The molecule has 1 aromatic heterocycles. The Morgan fingerprint density at radius 3 is 2.46 bits per heavy atom. The van der Waals surface area contributed by atoms with E-state index in [0.29, 0.717) is 10.6 Å². The molecule has 3 aromatic rings. The van der Waals surface area contributed by atoms with E-state index in [1.54, 1.807) is 49.1 Å². The number of hydrogen-bond donors (Lipinski definition) is 1. The van der Waals surface area contributed by atoms with Gasteiger partial charge in [0.1, 0.15) is 0 Å². The molecule has 0 fully saturated rings. The number of aryl methyl sites for hydroxylation is 2. The second kappa shape index (κ2) is 7.93. The zero-order valence-electron chi connectivity index (χ0n) is 14.6. The Bertz CT molecular complexity index is 986. The minimum atomic E-state index is -3.59. The monoisotopic (exact) mass is 384 g/mol. The van der Waals surface area contributed by atoms with Gasteiger partial charge in [-0.05, 0) is 61.4 Å². The summed E-state index contributed by atoms with van der Waals surface area (Å²) in [7, 11) is -3.59. The van der Waals surface area contributed by atoms with Crippen LogP contribution in [0.2, 0.25) is 0 Å². The Morgan fingerprint density at radius 2 is 1.81 bits per heavy atom. The second-order valence-corrected chi connectivity index (χ2v) is 8.75. The van der Waals surface area contributed by atoms with Gasteiger partial charge in [0.05, 0.1) is 4.90 Å². The van der Waals surface area contributed by atoms with Crippen LogP contribution in [0.4, 0.5) is 5.69 Å². The lowest BCUT2D eigenvalue weighted by Gasteiger charge is -2.11. The molecule has 0 unspecified atom stereocenters. The number of rotatable bonds is 6. The molecular weight excluding hydrogens is 364 g/mol. The maximum Gasteiger partial charge on any atom is 0.262 e. The molecule has 0 aliphatic heterocycles. The van der Waals surface area contributed by atoms with Gasteiger partial charge in [-0.25, -0.2) is 8.42 Å². The quantitative estimate of drug-likeness (QED) is 0.621. The first kappa shape index (κ1) is 18.5. The summed E-state index contributed by atoms with van der Waals surface area (Å²) >= 11 is 1.68. The highest BCUT2D eigenvalue weighted by atomic mass is 32.2. The van der Waals surface area contributed by atoms with Crippen LogP contribution in [0.3, 0.4) is 0 Å². The van der Waals surface area contributed by atoms with Gasteiger partial charge in [0, 0.05) is 28.7 Å². The maximum atomic E-state index is 12.6. The molecule has 0 amide bonds. The Kier molecular flexibility index (Phi) is 5.64. The third-order valence-corrected chi connectivity index (χ3v) is 6.48. The molecule has 0 spiro atoms. The number of nitrogens with zero attached hydrogens (tertiary/aromatic N) is 1. The Balaban J connectivity index is 1.68. The molecule has 0 atom stereocenters. The van der Waals surface area contributed by atoms with Crippen LogP contribution in [0.5, 0.6) is 0 Å². The average molecular weight is 385 g/mol. The van der Waals surface area contributed by atoms with E-state index in [1.165, 1.54) is 0 Å². The number of pyridine rings is 1. The first-order valence-corrected chi connectivity index (χ1v) is 10.6. The van der Waals surface area contributed by atoms with Crippen molar-refractivity contribution in [1.29, 1.82) is 0 Å². The lowest BCUT2D eigenvalue weighted by molar-refractivity contribution is 0.600. The molecule has 6 heteroatoms. The summed E-state index contributed by atoms with van der Waals surface area (Å²) in [6.45, 7) is 3.75. The predicted molar refractivity (Wildman–Crippen MR) is 107 cm³/mol. The van der Waals surface area contributed by atoms with Crippen molar-refractivity contribution in [2.75, 3.05) is 4.72 Å². The highest BCUT2D eigenvalue weighted by Crippen LogP contribution is 2.25. The fourth-order valence-corrected chi connectivity index (χ4v) is 4.70. The summed E-state index contributed by atoms with van der Waals surface area (Å²) in [4.78, 5) is 5.48. The third-order valence-electron chi connectivity index (χ3n) is 3.85. The first-order chi connectivity index (χ1) is 12.4. The summed E-state index contributed by atoms with van der Waals surface area (Å²) in [5, 5.41) is 0. The first-order valence-electron chi connectivity index (χ1n) is 8.16. The van der Waals surface area contributed by atoms with Crippen LogP contribution in [0, 0.1) is 13.8 Å². The molecule has 3 rings (SSSR count). The second-order valence-electron chi connectivity index (χ2n) is 6.05. The molecule has 0 saturated carbocycles. The van der Waals surface area contributed by atoms with Crippen LogP contribution in [-0.4, -0.2) is 13.4 Å². The number of thioether (sulfide) groups is 1. The van der Waals surface area contributed by atoms with E-state index in [4.69, 9.17) is 0 Å². The van der Waals surface area contributed by atoms with Crippen LogP contribution in [-0.2, 0) is 15.8 Å². The molecule has 26 heavy (non-hydrogen) atoms. The molecular formula is C20H20N2O2S2. The van der Waals surface area contributed by atoms with E-state index in [-0.39, 0.29) is 0 Å². The largest absolute Gasteiger partial charge is 0.280 e. The van der Waals surface area contributed by atoms with Crippen LogP contribution in [0.25, 0.3) is 0 Å². The minimum absolute atomic E-state index is 0.304. The predicted octanol–water partition coefficient (Wildman–Crippen LogP) is 4.79. The van der Waals surface area contributed by atoms with Gasteiger partial charge in [-0.1, -0.05) is 23.8 Å². The highest BCUT2D eigenvalue weighted by molar-refractivity contribution is 7.98. The van der Waals surface area contributed by atoms with Crippen molar-refractivity contribution < 1.29 is 8.42 Å². The zero-order chi connectivity index (χ0) is 18.6. The fourth-order valence-electron chi connectivity index (χ4n) is 2.58. The third kappa shape index (κ3) is 4.65. The number of anilines is 1. The lowest BCUT2D eigenvalue weighted by Crippen LogP contribution is -2.14. The molecule has 0 bridgehead atoms. The van der Waals surface area contributed by atoms with Gasteiger partial charge >= 0.3 is 0 Å². The van der Waals surface area contributed by atoms with Gasteiger partial charge in [-0.2, -0.15) is 0 Å². The Labute approximate surface area is 158 Å². The Morgan fingerprint density at radius 1 is 1.04 bits per heavy atom. The molecule has 1 N–H and O–H groups in total. The highest BCUT2D eigenvalue weighted by Gasteiger charge is 2.16. The van der Waals surface area contributed by atoms with Crippen LogP contribution in [0.1, 0.15) is 16.7 Å². The van der Waals surface area contributed by atoms with E-state index >= 15 is 0 Å². The smallest absolute Gasteiger partial charge is 0.262 e. The number of hydrogen-bond acceptors (Lipinski definition) is 4. The van der Waals surface area contributed by atoms with E-state index in [2.05, 4.69) is 9.71 Å². The topological polar surface area (TPSA) is 59.1 Å². The van der Waals surface area contributed by atoms with Crippen molar-refractivity contribution in [2.24, 2.45) is 0 Å². The van der Waals surface area contributed by atoms with E-state index in [1.807, 2.05) is 43.5 Å². The summed E-state index contributed by atoms with van der Waals surface area (Å²) in [5.74, 6) is 0.821. The molecule has 0 aliphatic rings. The number of aromatic nitrogens is 1. The number of nitrogens with one attached hydrogen (secondary N) is 1. The normalized spacial score (nSPS) is 11.3. The van der Waals surface area contributed by atoms with Crippen molar-refractivity contribution in [1.82, 2.24) is 4.98 Å². The average Bonchev–Trinajstić information content (AvgIpc) is 2.61. The van der Waals surface area contributed by atoms with Gasteiger partial charge in [0.15, 0.2) is 0 Å². The zero-order valence-corrected chi connectivity index (χ0v) is 16.3. The van der Waals surface area contributed by atoms with Gasteiger partial charge < -0.3 is 0 Å². The molecule has 0 radical (unpaired) electrons. The van der Waals surface area contributed by atoms with E-state index < -0.39 is 10.0 Å². The van der Waals surface area contributed by atoms with Crippen molar-refractivity contribution in [3.63, 3.8) is 0 Å². The number of benzene rings is 2. The molecule has 134 valence electrons. The summed E-state index contributed by atoms with van der Waals surface area (Å²) in [6.07, 6.45) is 3.60. The molecule has 2 aromatic carbocycles. The minimum Gasteiger partial charge on any atom is -0.280 e. The molecule has 0 aliphatic carbocycles. The summed E-state index contributed by atoms with van der Waals surface area (Å²) in [5.41, 5.74) is 3.48. The van der Waals surface area contributed by atoms with E-state index in [0.717, 1.165) is 27.3 Å². The lowest BCUT2D eigenvalue weighted by atomic mass is 10.2. The van der Waals surface area contributed by atoms with Crippen molar-refractivity contribution >= 4 is 27.5 Å². The molecule has 4 nitrogen and oxygen atoms in total. The SMILES string of the molecule is Cc1ccc(S(=O)(=O)Nc2ccc(SCc3cccnc3)cc2)c(C)c1. The van der Waals surface area contributed by atoms with Gasteiger partial charge in [-0.15, -0.1) is 11.8 Å². The van der Waals surface area contributed by atoms with Crippen LogP contribution < -0.4 is 4.72 Å². The van der Waals surface area contributed by atoms with Gasteiger partial charge in [0.2, 0.25) is 0 Å². The van der Waals surface area contributed by atoms with Crippen molar-refractivity contribution in [3.8, 4) is 0 Å². The fraction of sp³-hybridized carbons (Fsp3) is 0.150. The number of sulfonamides is 1. The molecule has 0 saturated heterocycles. The van der Waals surface area contributed by atoms with E-state index in [9.17, 15) is 8.42 Å². The summed E-state index contributed by atoms with van der Waals surface area (Å²) in [6, 6.07) is 16.7. The van der Waals surface area contributed by atoms with Gasteiger partial charge in [-0.3, -0.25) is 9.71 Å². The standard InChI is InChI=1S/C20H20N2O2S2/c1-15-5-10-20(16(2)12-15)26(23,24)22-18-6-8-19(9-7-18)25-14-17-4-3-11-21-13-17/h3-13,22H,14H2,1-2H3. The van der Waals surface area contributed by atoms with Gasteiger partial charge in [0.25, 0.3) is 10.0 Å². The summed E-state index contributed by atoms with van der Waals surface area (Å²) < 4.78 is 27.9. The molecule has 1 heterocycles. The maximum absolute atomic E-state index is 12.6. The Hall–Kier alpha value is -2.31. The van der Waals surface area contributed by atoms with Crippen LogP contribution >= 0.6 is 11.8 Å². The van der Waals surface area contributed by atoms with Crippen molar-refractivity contribution in [2.45, 2.75) is 29.4 Å². The van der Waals surface area contributed by atoms with Crippen molar-refractivity contribution in [3.05, 3.63) is 83.7 Å².